The molecule has 0 bridgehead atoms. The lowest BCUT2D eigenvalue weighted by Gasteiger charge is -2.10. The molecule has 5 heteroatoms. The molecule has 0 fully saturated rings. The number of aromatic nitrogens is 2. The van der Waals surface area contributed by atoms with Crippen LogP contribution in [0, 0.1) is 0 Å². The lowest BCUT2D eigenvalue weighted by molar-refractivity contribution is 0.210. The predicted octanol–water partition coefficient (Wildman–Crippen LogP) is 2.63. The largest absolute Gasteiger partial charge is 0.383 e. The van der Waals surface area contributed by atoms with Crippen LogP contribution >= 0.6 is 0 Å². The molecule has 1 aromatic heterocycles. The molecule has 106 valence electrons. The molecule has 2 rings (SSSR count). The number of nitrogens with zero attached hydrogens (tertiary/aromatic N) is 2. The zero-order chi connectivity index (χ0) is 14.2. The molecular weight excluding hydrogens is 252 g/mol. The molecule has 0 radical (unpaired) electrons. The average molecular weight is 272 g/mol. The van der Waals surface area contributed by atoms with Crippen molar-refractivity contribution in [3.63, 3.8) is 0 Å². The smallest absolute Gasteiger partial charge is 0.163 e. The highest BCUT2D eigenvalue weighted by Crippen LogP contribution is 2.19. The third-order valence-corrected chi connectivity index (χ3v) is 2.73. The van der Waals surface area contributed by atoms with Crippen molar-refractivity contribution in [2.75, 3.05) is 37.4 Å². The molecule has 2 N–H and O–H groups in total. The second-order valence-electron chi connectivity index (χ2n) is 4.28. The van der Waals surface area contributed by atoms with Gasteiger partial charge in [0.25, 0.3) is 0 Å². The highest BCUT2D eigenvalue weighted by atomic mass is 16.5. The third-order valence-electron chi connectivity index (χ3n) is 2.73. The lowest BCUT2D eigenvalue weighted by Crippen LogP contribution is -2.10. The predicted molar refractivity (Wildman–Crippen MR) is 82.0 cm³/mol. The number of benzene rings is 1. The van der Waals surface area contributed by atoms with E-state index in [9.17, 15) is 0 Å². The number of nitrogens with one attached hydrogen (secondary N) is 2. The Morgan fingerprint density at radius 3 is 2.40 bits per heavy atom. The first kappa shape index (κ1) is 14.3. The van der Waals surface area contributed by atoms with Crippen LogP contribution in [0.5, 0.6) is 0 Å². The molecule has 0 atom stereocenters. The SMILES string of the molecule is CCNc1cc(NCCOC)nc(-c2ccccc2)n1. The summed E-state index contributed by atoms with van der Waals surface area (Å²) in [6.07, 6.45) is 0. The van der Waals surface area contributed by atoms with Crippen molar-refractivity contribution in [2.45, 2.75) is 6.92 Å². The summed E-state index contributed by atoms with van der Waals surface area (Å²) in [6.45, 7) is 4.22. The normalized spacial score (nSPS) is 10.3. The standard InChI is InChI=1S/C15H20N4O/c1-3-16-13-11-14(17-9-10-20-2)19-15(18-13)12-7-5-4-6-8-12/h4-8,11H,3,9-10H2,1-2H3,(H2,16,17,18,19). The first-order chi connectivity index (χ1) is 9.83. The first-order valence-electron chi connectivity index (χ1n) is 6.74. The van der Waals surface area contributed by atoms with Crippen LogP contribution in [0.2, 0.25) is 0 Å². The first-order valence-corrected chi connectivity index (χ1v) is 6.74. The molecule has 0 unspecified atom stereocenters. The fourth-order valence-corrected chi connectivity index (χ4v) is 1.81. The molecule has 0 aliphatic heterocycles. The van der Waals surface area contributed by atoms with Gasteiger partial charge in [0, 0.05) is 31.8 Å². The van der Waals surface area contributed by atoms with Crippen molar-refractivity contribution in [3.8, 4) is 11.4 Å². The van der Waals surface area contributed by atoms with E-state index in [4.69, 9.17) is 4.74 Å². The Hall–Kier alpha value is -2.14. The minimum atomic E-state index is 0.640. The monoisotopic (exact) mass is 272 g/mol. The summed E-state index contributed by atoms with van der Waals surface area (Å²) in [5.74, 6) is 2.33. The minimum absolute atomic E-state index is 0.640. The van der Waals surface area contributed by atoms with Crippen LogP contribution in [-0.2, 0) is 4.74 Å². The van der Waals surface area contributed by atoms with Gasteiger partial charge >= 0.3 is 0 Å². The number of rotatable bonds is 7. The quantitative estimate of drug-likeness (QED) is 0.759. The van der Waals surface area contributed by atoms with E-state index in [1.807, 2.05) is 43.3 Å². The van der Waals surface area contributed by atoms with Gasteiger partial charge in [-0.3, -0.25) is 0 Å². The maximum Gasteiger partial charge on any atom is 0.163 e. The molecule has 20 heavy (non-hydrogen) atoms. The van der Waals surface area contributed by atoms with Crippen LogP contribution in [0.25, 0.3) is 11.4 Å². The van der Waals surface area contributed by atoms with Gasteiger partial charge < -0.3 is 15.4 Å². The maximum absolute atomic E-state index is 5.03. The Labute approximate surface area is 119 Å². The Morgan fingerprint density at radius 1 is 1.05 bits per heavy atom. The van der Waals surface area contributed by atoms with Crippen LogP contribution in [0.3, 0.4) is 0 Å². The molecule has 5 nitrogen and oxygen atoms in total. The molecular formula is C15H20N4O. The Morgan fingerprint density at radius 2 is 1.75 bits per heavy atom. The summed E-state index contributed by atoms with van der Waals surface area (Å²) < 4.78 is 5.03. The van der Waals surface area contributed by atoms with E-state index in [2.05, 4.69) is 20.6 Å². The summed E-state index contributed by atoms with van der Waals surface area (Å²) in [6, 6.07) is 11.9. The zero-order valence-corrected chi connectivity index (χ0v) is 11.9. The van der Waals surface area contributed by atoms with Gasteiger partial charge in [-0.05, 0) is 6.92 Å². The molecule has 0 aliphatic rings. The van der Waals surface area contributed by atoms with Crippen molar-refractivity contribution in [1.82, 2.24) is 9.97 Å². The van der Waals surface area contributed by atoms with Crippen LogP contribution in [0.4, 0.5) is 11.6 Å². The Bertz CT molecular complexity index is 531. The third kappa shape index (κ3) is 3.93. The Balaban J connectivity index is 2.26. The fourth-order valence-electron chi connectivity index (χ4n) is 1.81. The van der Waals surface area contributed by atoms with Gasteiger partial charge in [0.15, 0.2) is 5.82 Å². The van der Waals surface area contributed by atoms with Crippen LogP contribution in [-0.4, -0.2) is 36.8 Å². The van der Waals surface area contributed by atoms with Crippen molar-refractivity contribution in [1.29, 1.82) is 0 Å². The average Bonchev–Trinajstić information content (AvgIpc) is 2.49. The Kier molecular flexibility index (Phi) is 5.32. The summed E-state index contributed by atoms with van der Waals surface area (Å²) >= 11 is 0. The minimum Gasteiger partial charge on any atom is -0.383 e. The van der Waals surface area contributed by atoms with Gasteiger partial charge in [0.05, 0.1) is 6.61 Å². The summed E-state index contributed by atoms with van der Waals surface area (Å²) in [5, 5.41) is 6.46. The van der Waals surface area contributed by atoms with Gasteiger partial charge in [0.1, 0.15) is 11.6 Å². The van der Waals surface area contributed by atoms with Crippen molar-refractivity contribution >= 4 is 11.6 Å². The second-order valence-corrected chi connectivity index (χ2v) is 4.28. The van der Waals surface area contributed by atoms with Crippen molar-refractivity contribution in [3.05, 3.63) is 36.4 Å². The summed E-state index contributed by atoms with van der Waals surface area (Å²) in [7, 11) is 1.68. The van der Waals surface area contributed by atoms with Gasteiger partial charge in [-0.25, -0.2) is 9.97 Å². The number of ether oxygens (including phenoxy) is 1. The van der Waals surface area contributed by atoms with Crippen LogP contribution in [0.1, 0.15) is 6.92 Å². The number of hydrogen-bond acceptors (Lipinski definition) is 5. The van der Waals surface area contributed by atoms with Gasteiger partial charge in [-0.1, -0.05) is 30.3 Å². The second kappa shape index (κ2) is 7.45. The fraction of sp³-hybridized carbons (Fsp3) is 0.333. The molecule has 0 spiro atoms. The summed E-state index contributed by atoms with van der Waals surface area (Å²) in [4.78, 5) is 9.07. The van der Waals surface area contributed by atoms with E-state index < -0.39 is 0 Å². The van der Waals surface area contributed by atoms with Crippen LogP contribution < -0.4 is 10.6 Å². The van der Waals surface area contributed by atoms with E-state index >= 15 is 0 Å². The van der Waals surface area contributed by atoms with Gasteiger partial charge in [0.2, 0.25) is 0 Å². The molecule has 2 aromatic rings. The van der Waals surface area contributed by atoms with Crippen molar-refractivity contribution in [2.24, 2.45) is 0 Å². The molecule has 0 saturated heterocycles. The highest BCUT2D eigenvalue weighted by Gasteiger charge is 2.06. The molecule has 0 aliphatic carbocycles. The summed E-state index contributed by atoms with van der Waals surface area (Å²) in [5.41, 5.74) is 1.00. The van der Waals surface area contributed by atoms with Crippen molar-refractivity contribution < 1.29 is 4.74 Å². The van der Waals surface area contributed by atoms with E-state index in [-0.39, 0.29) is 0 Å². The molecule has 1 aromatic carbocycles. The topological polar surface area (TPSA) is 59.1 Å². The van der Waals surface area contributed by atoms with Crippen LogP contribution in [0.15, 0.2) is 36.4 Å². The number of methoxy groups -OCH3 is 1. The van der Waals surface area contributed by atoms with E-state index in [1.54, 1.807) is 7.11 Å². The zero-order valence-electron chi connectivity index (χ0n) is 11.9. The molecule has 0 saturated carbocycles. The van der Waals surface area contributed by atoms with E-state index in [0.717, 1.165) is 23.7 Å². The van der Waals surface area contributed by atoms with Gasteiger partial charge in [-0.15, -0.1) is 0 Å². The lowest BCUT2D eigenvalue weighted by atomic mass is 10.2. The van der Waals surface area contributed by atoms with E-state index in [1.165, 1.54) is 0 Å². The highest BCUT2D eigenvalue weighted by molar-refractivity contribution is 5.61. The number of anilines is 2. The van der Waals surface area contributed by atoms with Gasteiger partial charge in [-0.2, -0.15) is 0 Å². The molecule has 1 heterocycles. The molecule has 0 amide bonds. The number of hydrogen-bond donors (Lipinski definition) is 2. The maximum atomic E-state index is 5.03. The van der Waals surface area contributed by atoms with E-state index in [0.29, 0.717) is 19.0 Å².